The van der Waals surface area contributed by atoms with E-state index in [-0.39, 0.29) is 6.10 Å². The van der Waals surface area contributed by atoms with E-state index < -0.39 is 0 Å². The predicted molar refractivity (Wildman–Crippen MR) is 85.4 cm³/mol. The standard InChI is InChI=1S/C16H26N4O2/c1-21-16-15(17-6-7-18-16)20-10-5-11-22-14(13-20)12-19-8-3-2-4-9-19/h6-7,14H,2-5,8-13H2,1H3. The van der Waals surface area contributed by atoms with Crippen LogP contribution in [0.15, 0.2) is 12.4 Å². The lowest BCUT2D eigenvalue weighted by molar-refractivity contribution is 0.0350. The lowest BCUT2D eigenvalue weighted by Gasteiger charge is -2.32. The van der Waals surface area contributed by atoms with E-state index in [1.807, 2.05) is 0 Å². The van der Waals surface area contributed by atoms with Crippen LogP contribution < -0.4 is 9.64 Å². The summed E-state index contributed by atoms with van der Waals surface area (Å²) in [5.41, 5.74) is 0. The van der Waals surface area contributed by atoms with Crippen LogP contribution in [0.2, 0.25) is 0 Å². The molecular weight excluding hydrogens is 280 g/mol. The van der Waals surface area contributed by atoms with E-state index in [0.29, 0.717) is 5.88 Å². The molecule has 2 aliphatic rings. The molecule has 0 saturated carbocycles. The van der Waals surface area contributed by atoms with Crippen molar-refractivity contribution in [3.8, 4) is 5.88 Å². The molecule has 1 unspecified atom stereocenters. The number of piperidine rings is 1. The Morgan fingerprint density at radius 1 is 1.14 bits per heavy atom. The summed E-state index contributed by atoms with van der Waals surface area (Å²) in [6.45, 7) is 6.02. The zero-order chi connectivity index (χ0) is 15.2. The number of ether oxygens (including phenoxy) is 2. The molecule has 0 spiro atoms. The Kier molecular flexibility index (Phi) is 5.45. The summed E-state index contributed by atoms with van der Waals surface area (Å²) in [5, 5.41) is 0. The van der Waals surface area contributed by atoms with E-state index >= 15 is 0 Å². The van der Waals surface area contributed by atoms with E-state index in [9.17, 15) is 0 Å². The second-order valence-corrected chi connectivity index (χ2v) is 6.04. The van der Waals surface area contributed by atoms with Crippen LogP contribution in [0.1, 0.15) is 25.7 Å². The van der Waals surface area contributed by atoms with Crippen molar-refractivity contribution in [2.75, 3.05) is 51.3 Å². The average Bonchev–Trinajstić information content (AvgIpc) is 2.81. The molecule has 1 aromatic rings. The van der Waals surface area contributed by atoms with E-state index in [2.05, 4.69) is 19.8 Å². The van der Waals surface area contributed by atoms with Gasteiger partial charge in [-0.05, 0) is 32.4 Å². The van der Waals surface area contributed by atoms with Gasteiger partial charge in [-0.1, -0.05) is 6.42 Å². The van der Waals surface area contributed by atoms with Gasteiger partial charge >= 0.3 is 0 Å². The Morgan fingerprint density at radius 3 is 2.77 bits per heavy atom. The fraction of sp³-hybridized carbons (Fsp3) is 0.750. The first-order chi connectivity index (χ1) is 10.9. The third-order valence-corrected chi connectivity index (χ3v) is 4.40. The number of hydrogen-bond donors (Lipinski definition) is 0. The van der Waals surface area contributed by atoms with Crippen LogP contribution >= 0.6 is 0 Å². The smallest absolute Gasteiger partial charge is 0.257 e. The highest BCUT2D eigenvalue weighted by Gasteiger charge is 2.24. The van der Waals surface area contributed by atoms with Crippen LogP contribution in [0.4, 0.5) is 5.82 Å². The first-order valence-corrected chi connectivity index (χ1v) is 8.30. The number of hydrogen-bond acceptors (Lipinski definition) is 6. The van der Waals surface area contributed by atoms with Gasteiger partial charge in [0.1, 0.15) is 0 Å². The van der Waals surface area contributed by atoms with Crippen molar-refractivity contribution in [2.24, 2.45) is 0 Å². The van der Waals surface area contributed by atoms with Gasteiger partial charge in [0.05, 0.1) is 13.2 Å². The van der Waals surface area contributed by atoms with Crippen LogP contribution in [0, 0.1) is 0 Å². The van der Waals surface area contributed by atoms with Gasteiger partial charge in [-0.25, -0.2) is 9.97 Å². The fourth-order valence-electron chi connectivity index (χ4n) is 3.31. The molecule has 122 valence electrons. The first kappa shape index (κ1) is 15.5. The Balaban J connectivity index is 1.66. The molecule has 0 bridgehead atoms. The van der Waals surface area contributed by atoms with Crippen molar-refractivity contribution in [1.82, 2.24) is 14.9 Å². The van der Waals surface area contributed by atoms with E-state index in [0.717, 1.165) is 38.5 Å². The monoisotopic (exact) mass is 306 g/mol. The van der Waals surface area contributed by atoms with Crippen molar-refractivity contribution in [2.45, 2.75) is 31.8 Å². The second kappa shape index (κ2) is 7.74. The van der Waals surface area contributed by atoms with E-state index in [1.54, 1.807) is 19.5 Å². The minimum absolute atomic E-state index is 0.229. The summed E-state index contributed by atoms with van der Waals surface area (Å²) >= 11 is 0. The molecule has 3 heterocycles. The molecule has 3 rings (SSSR count). The predicted octanol–water partition coefficient (Wildman–Crippen LogP) is 1.57. The summed E-state index contributed by atoms with van der Waals surface area (Å²) in [6, 6.07) is 0. The van der Waals surface area contributed by atoms with Crippen LogP contribution in [0.3, 0.4) is 0 Å². The highest BCUT2D eigenvalue weighted by molar-refractivity contribution is 5.48. The molecule has 0 aromatic carbocycles. The van der Waals surface area contributed by atoms with E-state index in [4.69, 9.17) is 9.47 Å². The van der Waals surface area contributed by atoms with Gasteiger partial charge in [0, 0.05) is 38.6 Å². The SMILES string of the molecule is COc1nccnc1N1CCCOC(CN2CCCCC2)C1. The third-order valence-electron chi connectivity index (χ3n) is 4.40. The largest absolute Gasteiger partial charge is 0.478 e. The van der Waals surface area contributed by atoms with Gasteiger partial charge in [-0.2, -0.15) is 0 Å². The van der Waals surface area contributed by atoms with Crippen LogP contribution in [-0.2, 0) is 4.74 Å². The van der Waals surface area contributed by atoms with Crippen molar-refractivity contribution in [1.29, 1.82) is 0 Å². The number of likely N-dealkylation sites (tertiary alicyclic amines) is 1. The summed E-state index contributed by atoms with van der Waals surface area (Å²) in [4.78, 5) is 13.5. The zero-order valence-electron chi connectivity index (χ0n) is 13.4. The van der Waals surface area contributed by atoms with Gasteiger partial charge in [0.2, 0.25) is 0 Å². The number of aromatic nitrogens is 2. The summed E-state index contributed by atoms with van der Waals surface area (Å²) < 4.78 is 11.4. The molecule has 1 atom stereocenters. The lowest BCUT2D eigenvalue weighted by atomic mass is 10.1. The van der Waals surface area contributed by atoms with Crippen LogP contribution in [-0.4, -0.2) is 67.4 Å². The molecule has 2 saturated heterocycles. The van der Waals surface area contributed by atoms with Gasteiger partial charge in [0.25, 0.3) is 5.88 Å². The highest BCUT2D eigenvalue weighted by Crippen LogP contribution is 2.24. The molecule has 22 heavy (non-hydrogen) atoms. The lowest BCUT2D eigenvalue weighted by Crippen LogP contribution is -2.42. The Bertz CT molecular complexity index is 465. The minimum Gasteiger partial charge on any atom is -0.478 e. The molecule has 1 aromatic heterocycles. The number of methoxy groups -OCH3 is 1. The average molecular weight is 306 g/mol. The van der Waals surface area contributed by atoms with Gasteiger partial charge in [0.15, 0.2) is 5.82 Å². The maximum absolute atomic E-state index is 6.06. The maximum atomic E-state index is 6.06. The Hall–Kier alpha value is -1.40. The number of rotatable bonds is 4. The minimum atomic E-state index is 0.229. The molecule has 6 nitrogen and oxygen atoms in total. The Labute approximate surface area is 132 Å². The topological polar surface area (TPSA) is 50.7 Å². The molecule has 0 radical (unpaired) electrons. The maximum Gasteiger partial charge on any atom is 0.257 e. The fourth-order valence-corrected chi connectivity index (χ4v) is 3.31. The van der Waals surface area contributed by atoms with Crippen LogP contribution in [0.5, 0.6) is 5.88 Å². The summed E-state index contributed by atoms with van der Waals surface area (Å²) in [7, 11) is 1.65. The zero-order valence-corrected chi connectivity index (χ0v) is 13.4. The molecule has 0 amide bonds. The van der Waals surface area contributed by atoms with Crippen LogP contribution in [0.25, 0.3) is 0 Å². The van der Waals surface area contributed by atoms with Crippen molar-refractivity contribution < 1.29 is 9.47 Å². The third kappa shape index (κ3) is 3.87. The quantitative estimate of drug-likeness (QED) is 0.841. The molecule has 6 heteroatoms. The molecule has 2 aliphatic heterocycles. The summed E-state index contributed by atoms with van der Waals surface area (Å²) in [5.74, 6) is 1.43. The molecule has 2 fully saturated rings. The highest BCUT2D eigenvalue weighted by atomic mass is 16.5. The number of anilines is 1. The molecular formula is C16H26N4O2. The normalized spacial score (nSPS) is 24.0. The number of nitrogens with zero attached hydrogens (tertiary/aromatic N) is 4. The van der Waals surface area contributed by atoms with Crippen molar-refractivity contribution in [3.05, 3.63) is 12.4 Å². The van der Waals surface area contributed by atoms with Crippen molar-refractivity contribution >= 4 is 5.82 Å². The Morgan fingerprint density at radius 2 is 1.95 bits per heavy atom. The summed E-state index contributed by atoms with van der Waals surface area (Å²) in [6.07, 6.45) is 8.63. The van der Waals surface area contributed by atoms with Gasteiger partial charge < -0.3 is 19.3 Å². The molecule has 0 aliphatic carbocycles. The van der Waals surface area contributed by atoms with Crippen molar-refractivity contribution in [3.63, 3.8) is 0 Å². The van der Waals surface area contributed by atoms with Gasteiger partial charge in [-0.15, -0.1) is 0 Å². The van der Waals surface area contributed by atoms with E-state index in [1.165, 1.54) is 32.4 Å². The first-order valence-electron chi connectivity index (χ1n) is 8.30. The van der Waals surface area contributed by atoms with Gasteiger partial charge in [-0.3, -0.25) is 0 Å². The second-order valence-electron chi connectivity index (χ2n) is 6.04. The molecule has 0 N–H and O–H groups in total.